The molecule has 148 valence electrons. The standard InChI is InChI=1S/C23H18BrN5S/c24-16-8-10-17(11-9-16)29-22(21(27-23(29)30)19-6-1-2-13-26-19)20-7-4-14-28(20)18-5-3-12-25-15-18/h1-15,21-22H,(H,27,30)/t21-,22+/m0/s1. The SMILES string of the molecule is S=C1N[C@@H](c2ccccn2)[C@@H](c2cccn2-c2cccnc2)N1c1ccc(Br)cc1. The monoisotopic (exact) mass is 475 g/mol. The zero-order valence-electron chi connectivity index (χ0n) is 15.9. The van der Waals surface area contributed by atoms with Gasteiger partial charge >= 0.3 is 0 Å². The molecular formula is C23H18BrN5S. The third kappa shape index (κ3) is 3.40. The Morgan fingerprint density at radius 3 is 2.50 bits per heavy atom. The minimum Gasteiger partial charge on any atom is -0.351 e. The zero-order chi connectivity index (χ0) is 20.5. The van der Waals surface area contributed by atoms with E-state index in [1.807, 2.05) is 48.8 Å². The van der Waals surface area contributed by atoms with Crippen LogP contribution in [0.5, 0.6) is 0 Å². The molecular weight excluding hydrogens is 458 g/mol. The van der Waals surface area contributed by atoms with Gasteiger partial charge < -0.3 is 14.8 Å². The van der Waals surface area contributed by atoms with Crippen molar-refractivity contribution in [3.63, 3.8) is 0 Å². The average Bonchev–Trinajstić information content (AvgIpc) is 3.40. The number of hydrogen-bond acceptors (Lipinski definition) is 3. The Hall–Kier alpha value is -3.03. The summed E-state index contributed by atoms with van der Waals surface area (Å²) in [7, 11) is 0. The molecule has 7 heteroatoms. The minimum absolute atomic E-state index is 0.0798. The van der Waals surface area contributed by atoms with Crippen LogP contribution in [0.1, 0.15) is 23.5 Å². The summed E-state index contributed by atoms with van der Waals surface area (Å²) in [4.78, 5) is 11.1. The molecule has 1 saturated heterocycles. The van der Waals surface area contributed by atoms with Gasteiger partial charge in [0.25, 0.3) is 0 Å². The predicted molar refractivity (Wildman–Crippen MR) is 126 cm³/mol. The molecule has 5 rings (SSSR count). The van der Waals surface area contributed by atoms with E-state index in [4.69, 9.17) is 12.2 Å². The maximum Gasteiger partial charge on any atom is 0.174 e. The predicted octanol–water partition coefficient (Wildman–Crippen LogP) is 5.21. The van der Waals surface area contributed by atoms with Gasteiger partial charge in [-0.2, -0.15) is 0 Å². The Morgan fingerprint density at radius 2 is 1.77 bits per heavy atom. The van der Waals surface area contributed by atoms with E-state index in [0.29, 0.717) is 5.11 Å². The van der Waals surface area contributed by atoms with E-state index in [0.717, 1.165) is 27.2 Å². The highest BCUT2D eigenvalue weighted by Gasteiger charge is 2.42. The number of thiocarbonyl (C=S) groups is 1. The Bertz CT molecular complexity index is 1160. The largest absolute Gasteiger partial charge is 0.351 e. The number of hydrogen-bond donors (Lipinski definition) is 1. The van der Waals surface area contributed by atoms with E-state index in [-0.39, 0.29) is 12.1 Å². The average molecular weight is 476 g/mol. The molecule has 0 radical (unpaired) electrons. The van der Waals surface area contributed by atoms with Crippen LogP contribution in [0.25, 0.3) is 5.69 Å². The van der Waals surface area contributed by atoms with Gasteiger partial charge in [0.2, 0.25) is 0 Å². The molecule has 4 aromatic rings. The third-order valence-corrected chi connectivity index (χ3v) is 6.05. The number of nitrogens with one attached hydrogen (secondary N) is 1. The maximum absolute atomic E-state index is 5.80. The molecule has 1 aliphatic rings. The zero-order valence-corrected chi connectivity index (χ0v) is 18.3. The molecule has 3 aromatic heterocycles. The summed E-state index contributed by atoms with van der Waals surface area (Å²) < 4.78 is 3.19. The van der Waals surface area contributed by atoms with E-state index < -0.39 is 0 Å². The highest BCUT2D eigenvalue weighted by atomic mass is 79.9. The van der Waals surface area contributed by atoms with Gasteiger partial charge in [-0.1, -0.05) is 22.0 Å². The summed E-state index contributed by atoms with van der Waals surface area (Å²) in [5, 5.41) is 4.18. The molecule has 2 atom stereocenters. The van der Waals surface area contributed by atoms with Gasteiger partial charge in [-0.3, -0.25) is 9.97 Å². The lowest BCUT2D eigenvalue weighted by atomic mass is 10.0. The molecule has 1 aromatic carbocycles. The van der Waals surface area contributed by atoms with E-state index in [1.165, 1.54) is 0 Å². The summed E-state index contributed by atoms with van der Waals surface area (Å²) in [6, 6.07) is 22.2. The Labute approximate surface area is 188 Å². The second-order valence-electron chi connectivity index (χ2n) is 6.99. The van der Waals surface area contributed by atoms with Crippen LogP contribution in [0, 0.1) is 0 Å². The highest BCUT2D eigenvalue weighted by Crippen LogP contribution is 2.42. The molecule has 0 saturated carbocycles. The molecule has 5 nitrogen and oxygen atoms in total. The normalized spacial score (nSPS) is 18.4. The maximum atomic E-state index is 5.80. The molecule has 0 aliphatic carbocycles. The van der Waals surface area contributed by atoms with Gasteiger partial charge in [0.05, 0.1) is 23.6 Å². The molecule has 1 aliphatic heterocycles. The van der Waals surface area contributed by atoms with Gasteiger partial charge in [0.1, 0.15) is 6.04 Å². The summed E-state index contributed by atoms with van der Waals surface area (Å²) in [5.41, 5.74) is 4.08. The van der Waals surface area contributed by atoms with Gasteiger partial charge in [-0.05, 0) is 72.9 Å². The fourth-order valence-corrected chi connectivity index (χ4v) is 4.51. The third-order valence-electron chi connectivity index (χ3n) is 5.21. The van der Waals surface area contributed by atoms with Crippen LogP contribution in [0.3, 0.4) is 0 Å². The number of anilines is 1. The number of pyridine rings is 2. The van der Waals surface area contributed by atoms with Crippen molar-refractivity contribution in [2.45, 2.75) is 12.1 Å². The van der Waals surface area contributed by atoms with Gasteiger partial charge in [-0.15, -0.1) is 0 Å². The van der Waals surface area contributed by atoms with Crippen molar-refractivity contribution >= 4 is 38.9 Å². The van der Waals surface area contributed by atoms with Gasteiger partial charge in [0, 0.05) is 34.4 Å². The second kappa shape index (κ2) is 8.01. The summed E-state index contributed by atoms with van der Waals surface area (Å²) in [6.07, 6.45) is 7.52. The van der Waals surface area contributed by atoms with Crippen molar-refractivity contribution in [1.29, 1.82) is 0 Å². The first-order valence-electron chi connectivity index (χ1n) is 9.56. The van der Waals surface area contributed by atoms with E-state index >= 15 is 0 Å². The molecule has 0 unspecified atom stereocenters. The van der Waals surface area contributed by atoms with Crippen molar-refractivity contribution in [2.75, 3.05) is 4.90 Å². The van der Waals surface area contributed by atoms with Crippen LogP contribution in [0.4, 0.5) is 5.69 Å². The minimum atomic E-state index is -0.0901. The van der Waals surface area contributed by atoms with Crippen LogP contribution in [-0.4, -0.2) is 19.6 Å². The number of nitrogens with zero attached hydrogens (tertiary/aromatic N) is 4. The lowest BCUT2D eigenvalue weighted by Gasteiger charge is -2.29. The first-order chi connectivity index (χ1) is 14.7. The first-order valence-corrected chi connectivity index (χ1v) is 10.8. The van der Waals surface area contributed by atoms with Crippen molar-refractivity contribution in [3.05, 3.63) is 107 Å². The second-order valence-corrected chi connectivity index (χ2v) is 8.29. The summed E-state index contributed by atoms with van der Waals surface area (Å²) in [5.74, 6) is 0. The number of aromatic nitrogens is 3. The van der Waals surface area contributed by atoms with Crippen molar-refractivity contribution < 1.29 is 0 Å². The fourth-order valence-electron chi connectivity index (χ4n) is 3.90. The summed E-state index contributed by atoms with van der Waals surface area (Å²) >= 11 is 9.32. The smallest absolute Gasteiger partial charge is 0.174 e. The first kappa shape index (κ1) is 19.0. The molecule has 1 fully saturated rings. The highest BCUT2D eigenvalue weighted by molar-refractivity contribution is 9.10. The number of benzene rings is 1. The molecule has 1 N–H and O–H groups in total. The van der Waals surface area contributed by atoms with E-state index in [9.17, 15) is 0 Å². The lowest BCUT2D eigenvalue weighted by Crippen LogP contribution is -2.30. The van der Waals surface area contributed by atoms with Gasteiger partial charge in [-0.25, -0.2) is 0 Å². The van der Waals surface area contributed by atoms with Crippen LogP contribution >= 0.6 is 28.1 Å². The molecule has 0 amide bonds. The van der Waals surface area contributed by atoms with Crippen LogP contribution < -0.4 is 10.2 Å². The molecule has 4 heterocycles. The van der Waals surface area contributed by atoms with Crippen LogP contribution in [0.2, 0.25) is 0 Å². The quantitative estimate of drug-likeness (QED) is 0.410. The van der Waals surface area contributed by atoms with E-state index in [1.54, 1.807) is 6.20 Å². The Morgan fingerprint density at radius 1 is 0.900 bits per heavy atom. The van der Waals surface area contributed by atoms with Crippen molar-refractivity contribution in [1.82, 2.24) is 19.9 Å². The summed E-state index contributed by atoms with van der Waals surface area (Å²) in [6.45, 7) is 0. The van der Waals surface area contributed by atoms with Crippen LogP contribution in [-0.2, 0) is 0 Å². The topological polar surface area (TPSA) is 46.0 Å². The Kier molecular flexibility index (Phi) is 5.06. The molecule has 0 bridgehead atoms. The van der Waals surface area contributed by atoms with Crippen LogP contribution in [0.15, 0.2) is 96.0 Å². The van der Waals surface area contributed by atoms with Crippen molar-refractivity contribution in [3.8, 4) is 5.69 Å². The number of halogens is 1. The molecule has 30 heavy (non-hydrogen) atoms. The van der Waals surface area contributed by atoms with Gasteiger partial charge in [0.15, 0.2) is 5.11 Å². The number of rotatable bonds is 4. The fraction of sp³-hybridized carbons (Fsp3) is 0.0870. The Balaban J connectivity index is 1.67. The van der Waals surface area contributed by atoms with Crippen molar-refractivity contribution in [2.24, 2.45) is 0 Å². The van der Waals surface area contributed by atoms with E-state index in [2.05, 4.69) is 77.2 Å². The molecule has 0 spiro atoms. The lowest BCUT2D eigenvalue weighted by molar-refractivity contribution is 0.549.